The summed E-state index contributed by atoms with van der Waals surface area (Å²) in [5.41, 5.74) is 0. The van der Waals surface area contributed by atoms with Crippen LogP contribution in [-0.2, 0) is 24.3 Å². The molecule has 0 bridgehead atoms. The third-order valence-electron chi connectivity index (χ3n) is 2.52. The molecule has 2 unspecified atom stereocenters. The lowest BCUT2D eigenvalue weighted by atomic mass is 10.3. The van der Waals surface area contributed by atoms with Gasteiger partial charge in [-0.25, -0.2) is 8.42 Å². The van der Waals surface area contributed by atoms with Crippen LogP contribution in [0.2, 0.25) is 0 Å². The van der Waals surface area contributed by atoms with Crippen LogP contribution in [0.25, 0.3) is 0 Å². The van der Waals surface area contributed by atoms with Crippen molar-refractivity contribution in [3.05, 3.63) is 0 Å². The molecular weight excluding hydrogens is 282 g/mol. The molecule has 1 saturated heterocycles. The van der Waals surface area contributed by atoms with Gasteiger partial charge in [-0.2, -0.15) is 4.31 Å². The number of carbonyl (C=O) groups is 2. The van der Waals surface area contributed by atoms with E-state index in [1.54, 1.807) is 6.92 Å². The number of rotatable bonds is 5. The van der Waals surface area contributed by atoms with E-state index in [-0.39, 0.29) is 5.75 Å². The second-order valence-electron chi connectivity index (χ2n) is 3.71. The number of carboxylic acid groups (broad SMARTS) is 1. The van der Waals surface area contributed by atoms with Gasteiger partial charge in [0.1, 0.15) is 6.04 Å². The lowest BCUT2D eigenvalue weighted by Crippen LogP contribution is -2.47. The molecule has 0 spiro atoms. The van der Waals surface area contributed by atoms with Crippen LogP contribution < -0.4 is 0 Å². The van der Waals surface area contributed by atoms with Crippen molar-refractivity contribution in [2.75, 3.05) is 18.6 Å². The second-order valence-corrected chi connectivity index (χ2v) is 6.80. The maximum atomic E-state index is 12.0. The Morgan fingerprint density at radius 2 is 2.11 bits per heavy atom. The Morgan fingerprint density at radius 3 is 2.56 bits per heavy atom. The summed E-state index contributed by atoms with van der Waals surface area (Å²) < 4.78 is 29.3. The van der Waals surface area contributed by atoms with E-state index in [1.165, 1.54) is 11.8 Å². The molecule has 1 rings (SSSR count). The van der Waals surface area contributed by atoms with Crippen LogP contribution in [0.4, 0.5) is 0 Å². The monoisotopic (exact) mass is 297 g/mol. The Hall–Kier alpha value is -0.800. The zero-order chi connectivity index (χ0) is 13.9. The molecule has 0 aromatic heterocycles. The van der Waals surface area contributed by atoms with Crippen LogP contribution in [0.5, 0.6) is 0 Å². The van der Waals surface area contributed by atoms with E-state index in [1.807, 2.05) is 0 Å². The van der Waals surface area contributed by atoms with Gasteiger partial charge in [0, 0.05) is 5.75 Å². The highest BCUT2D eigenvalue weighted by Crippen LogP contribution is 2.33. The summed E-state index contributed by atoms with van der Waals surface area (Å²) in [6.45, 7) is 1.77. The highest BCUT2D eigenvalue weighted by Gasteiger charge is 2.45. The summed E-state index contributed by atoms with van der Waals surface area (Å²) >= 11 is 1.26. The molecule has 0 aromatic rings. The summed E-state index contributed by atoms with van der Waals surface area (Å²) in [5, 5.41) is 8.57. The van der Waals surface area contributed by atoms with E-state index >= 15 is 0 Å². The molecule has 7 nitrogen and oxygen atoms in total. The Kier molecular flexibility index (Phi) is 5.00. The molecule has 18 heavy (non-hydrogen) atoms. The fourth-order valence-corrected chi connectivity index (χ4v) is 5.22. The summed E-state index contributed by atoms with van der Waals surface area (Å²) in [6, 6.07) is -1.12. The average molecular weight is 297 g/mol. The SMILES string of the molecule is CCC1SCC(C(=O)O)N1S(=O)(=O)CC(=O)OC. The van der Waals surface area contributed by atoms with Crippen molar-refractivity contribution < 1.29 is 27.9 Å². The van der Waals surface area contributed by atoms with Gasteiger partial charge in [0.15, 0.2) is 5.75 Å². The summed E-state index contributed by atoms with van der Waals surface area (Å²) in [5.74, 6) is -2.74. The molecule has 9 heteroatoms. The highest BCUT2D eigenvalue weighted by molar-refractivity contribution is 8.01. The van der Waals surface area contributed by atoms with Gasteiger partial charge >= 0.3 is 11.9 Å². The third kappa shape index (κ3) is 3.15. The van der Waals surface area contributed by atoms with Crippen LogP contribution in [0, 0.1) is 0 Å². The molecule has 0 aromatic carbocycles. The molecule has 0 saturated carbocycles. The quantitative estimate of drug-likeness (QED) is 0.697. The fourth-order valence-electron chi connectivity index (χ4n) is 1.68. The van der Waals surface area contributed by atoms with Gasteiger partial charge in [-0.1, -0.05) is 6.92 Å². The number of thioether (sulfide) groups is 1. The van der Waals surface area contributed by atoms with Gasteiger partial charge in [-0.3, -0.25) is 9.59 Å². The number of methoxy groups -OCH3 is 1. The van der Waals surface area contributed by atoms with Crippen molar-refractivity contribution in [3.63, 3.8) is 0 Å². The smallest absolute Gasteiger partial charge is 0.322 e. The van der Waals surface area contributed by atoms with Crippen molar-refractivity contribution in [2.45, 2.75) is 24.8 Å². The Morgan fingerprint density at radius 1 is 1.50 bits per heavy atom. The predicted molar refractivity (Wildman–Crippen MR) is 65.6 cm³/mol. The molecule has 0 amide bonds. The first-order valence-corrected chi connectivity index (χ1v) is 7.91. The first kappa shape index (κ1) is 15.3. The zero-order valence-corrected chi connectivity index (χ0v) is 11.7. The molecule has 1 heterocycles. The highest BCUT2D eigenvalue weighted by atomic mass is 32.2. The summed E-state index contributed by atoms with van der Waals surface area (Å²) in [6.07, 6.45) is 0.481. The van der Waals surface area contributed by atoms with E-state index in [9.17, 15) is 18.0 Å². The fraction of sp³-hybridized carbons (Fsp3) is 0.778. The van der Waals surface area contributed by atoms with Crippen LogP contribution >= 0.6 is 11.8 Å². The minimum atomic E-state index is -3.97. The minimum Gasteiger partial charge on any atom is -0.480 e. The van der Waals surface area contributed by atoms with Gasteiger partial charge in [0.25, 0.3) is 0 Å². The number of carboxylic acids is 1. The second kappa shape index (κ2) is 5.89. The average Bonchev–Trinajstić information content (AvgIpc) is 2.72. The topological polar surface area (TPSA) is 101 Å². The molecular formula is C9H15NO6S2. The number of ether oxygens (including phenoxy) is 1. The zero-order valence-electron chi connectivity index (χ0n) is 10.0. The Balaban J connectivity index is 3.00. The van der Waals surface area contributed by atoms with Gasteiger partial charge in [0.05, 0.1) is 12.5 Å². The van der Waals surface area contributed by atoms with Crippen molar-refractivity contribution in [1.29, 1.82) is 0 Å². The number of sulfonamides is 1. The van der Waals surface area contributed by atoms with E-state index in [2.05, 4.69) is 4.74 Å². The van der Waals surface area contributed by atoms with Gasteiger partial charge in [-0.05, 0) is 6.42 Å². The molecule has 1 aliphatic heterocycles. The maximum absolute atomic E-state index is 12.0. The Labute approximate surface area is 110 Å². The molecule has 1 aliphatic rings. The molecule has 104 valence electrons. The maximum Gasteiger partial charge on any atom is 0.322 e. The molecule has 1 fully saturated rings. The van der Waals surface area contributed by atoms with E-state index in [0.717, 1.165) is 11.4 Å². The number of aliphatic carboxylic acids is 1. The number of hydrogen-bond acceptors (Lipinski definition) is 6. The molecule has 2 atom stereocenters. The summed E-state index contributed by atoms with van der Waals surface area (Å²) in [7, 11) is -2.88. The molecule has 0 radical (unpaired) electrons. The van der Waals surface area contributed by atoms with Crippen LogP contribution in [-0.4, -0.2) is 59.8 Å². The minimum absolute atomic E-state index is 0.189. The molecule has 1 N–H and O–H groups in total. The largest absolute Gasteiger partial charge is 0.480 e. The van der Waals surface area contributed by atoms with Crippen molar-refractivity contribution in [1.82, 2.24) is 4.31 Å². The molecule has 0 aliphatic carbocycles. The van der Waals surface area contributed by atoms with Gasteiger partial charge in [-0.15, -0.1) is 11.8 Å². The van der Waals surface area contributed by atoms with E-state index in [4.69, 9.17) is 5.11 Å². The van der Waals surface area contributed by atoms with Gasteiger partial charge in [0.2, 0.25) is 10.0 Å². The number of carbonyl (C=O) groups excluding carboxylic acids is 1. The predicted octanol–water partition coefficient (Wildman–Crippen LogP) is -0.273. The van der Waals surface area contributed by atoms with Gasteiger partial charge < -0.3 is 9.84 Å². The summed E-state index contributed by atoms with van der Waals surface area (Å²) in [4.78, 5) is 22.1. The number of esters is 1. The van der Waals surface area contributed by atoms with Crippen molar-refractivity contribution in [3.8, 4) is 0 Å². The normalized spacial score (nSPS) is 25.0. The van der Waals surface area contributed by atoms with Crippen LogP contribution in [0.15, 0.2) is 0 Å². The lowest BCUT2D eigenvalue weighted by Gasteiger charge is -2.25. The van der Waals surface area contributed by atoms with E-state index < -0.39 is 39.1 Å². The van der Waals surface area contributed by atoms with Crippen LogP contribution in [0.1, 0.15) is 13.3 Å². The number of nitrogens with zero attached hydrogens (tertiary/aromatic N) is 1. The van der Waals surface area contributed by atoms with Crippen LogP contribution in [0.3, 0.4) is 0 Å². The first-order valence-electron chi connectivity index (χ1n) is 5.26. The Bertz CT molecular complexity index is 434. The van der Waals surface area contributed by atoms with Crippen molar-refractivity contribution in [2.24, 2.45) is 0 Å². The first-order chi connectivity index (χ1) is 8.33. The standard InChI is InChI=1S/C9H15NO6S2/c1-3-7-10(6(4-17-7)9(12)13)18(14,15)5-8(11)16-2/h6-7H,3-5H2,1-2H3,(H,12,13). The third-order valence-corrected chi connectivity index (χ3v) is 5.86. The number of hydrogen-bond donors (Lipinski definition) is 1. The van der Waals surface area contributed by atoms with Crippen molar-refractivity contribution >= 4 is 33.7 Å². The van der Waals surface area contributed by atoms with E-state index in [0.29, 0.717) is 6.42 Å². The lowest BCUT2D eigenvalue weighted by molar-refractivity contribution is -0.141.